The Labute approximate surface area is 136 Å². The Morgan fingerprint density at radius 3 is 3.00 bits per heavy atom. The molecule has 0 amide bonds. The molecule has 3 aliphatic carbocycles. The summed E-state index contributed by atoms with van der Waals surface area (Å²) < 4.78 is 6.07. The van der Waals surface area contributed by atoms with Crippen LogP contribution in [0, 0.1) is 23.7 Å². The predicted octanol–water partition coefficient (Wildman–Crippen LogP) is 3.57. The Kier molecular flexibility index (Phi) is 2.61. The van der Waals surface area contributed by atoms with Crippen LogP contribution in [0.25, 0.3) is 0 Å². The SMILES string of the molecule is C=C[C@@H]1CC[C@H]2[C@@H]3CCc4cc(O)ccc4[C@H]3[C@@H]3C[C@]12OC3=O. The summed E-state index contributed by atoms with van der Waals surface area (Å²) in [6.07, 6.45) is 7.21. The Bertz CT molecular complexity index is 709. The highest BCUT2D eigenvalue weighted by Crippen LogP contribution is 2.65. The summed E-state index contributed by atoms with van der Waals surface area (Å²) in [6.45, 7) is 4.00. The van der Waals surface area contributed by atoms with E-state index in [2.05, 4.69) is 6.58 Å². The maximum Gasteiger partial charge on any atom is 0.310 e. The van der Waals surface area contributed by atoms with E-state index in [4.69, 9.17) is 4.74 Å². The highest BCUT2D eigenvalue weighted by Gasteiger charge is 2.67. The number of aryl methyl sites for hydroxylation is 1. The van der Waals surface area contributed by atoms with Gasteiger partial charge in [-0.2, -0.15) is 0 Å². The first-order chi connectivity index (χ1) is 11.1. The number of hydrogen-bond donors (Lipinski definition) is 1. The molecule has 0 radical (unpaired) electrons. The van der Waals surface area contributed by atoms with Gasteiger partial charge in [-0.15, -0.1) is 6.58 Å². The topological polar surface area (TPSA) is 46.5 Å². The van der Waals surface area contributed by atoms with Crippen LogP contribution in [0.5, 0.6) is 5.75 Å². The number of benzene rings is 1. The standard InChI is InChI=1S/C20H22O3/c1-2-12-4-8-17-15-6-3-11-9-13(21)5-7-14(11)18(15)16-10-20(12,17)23-19(16)22/h2,5,7,9,12,15-18,21H,1,3-4,6,8,10H2/t12-,15+,16+,17+,18-,20+/m1/s1. The van der Waals surface area contributed by atoms with Gasteiger partial charge in [-0.1, -0.05) is 12.1 Å². The van der Waals surface area contributed by atoms with Gasteiger partial charge in [0.25, 0.3) is 0 Å². The van der Waals surface area contributed by atoms with E-state index in [0.717, 1.165) is 32.1 Å². The fraction of sp³-hybridized carbons (Fsp3) is 0.550. The van der Waals surface area contributed by atoms with Crippen molar-refractivity contribution in [1.29, 1.82) is 0 Å². The number of aromatic hydroxyl groups is 1. The predicted molar refractivity (Wildman–Crippen MR) is 86.0 cm³/mol. The average Bonchev–Trinajstić information content (AvgIpc) is 3.05. The number of rotatable bonds is 1. The molecule has 6 atom stereocenters. The zero-order valence-electron chi connectivity index (χ0n) is 13.2. The maximum absolute atomic E-state index is 12.7. The second-order valence-corrected chi connectivity index (χ2v) is 7.82. The minimum atomic E-state index is -0.265. The number of ether oxygens (including phenoxy) is 1. The molecule has 1 aliphatic heterocycles. The molecule has 5 rings (SSSR count). The highest BCUT2D eigenvalue weighted by atomic mass is 16.6. The average molecular weight is 310 g/mol. The zero-order chi connectivity index (χ0) is 15.8. The zero-order valence-corrected chi connectivity index (χ0v) is 13.2. The minimum absolute atomic E-state index is 0.00262. The third-order valence-corrected chi connectivity index (χ3v) is 7.11. The highest BCUT2D eigenvalue weighted by molar-refractivity contribution is 5.78. The summed E-state index contributed by atoms with van der Waals surface area (Å²) >= 11 is 0. The number of carbonyl (C=O) groups is 1. The van der Waals surface area contributed by atoms with E-state index >= 15 is 0 Å². The van der Waals surface area contributed by atoms with Gasteiger partial charge in [-0.25, -0.2) is 0 Å². The van der Waals surface area contributed by atoms with Gasteiger partial charge in [0.1, 0.15) is 11.4 Å². The van der Waals surface area contributed by atoms with E-state index < -0.39 is 0 Å². The molecule has 0 aromatic heterocycles. The summed E-state index contributed by atoms with van der Waals surface area (Å²) in [5.74, 6) is 1.91. The quantitative estimate of drug-likeness (QED) is 0.637. The molecule has 2 saturated carbocycles. The van der Waals surface area contributed by atoms with Crippen LogP contribution in [0.3, 0.4) is 0 Å². The van der Waals surface area contributed by atoms with Gasteiger partial charge in [-0.3, -0.25) is 4.79 Å². The van der Waals surface area contributed by atoms with Crippen LogP contribution < -0.4 is 0 Å². The number of hydrogen-bond acceptors (Lipinski definition) is 3. The Hall–Kier alpha value is -1.77. The van der Waals surface area contributed by atoms with Gasteiger partial charge >= 0.3 is 5.97 Å². The van der Waals surface area contributed by atoms with Crippen LogP contribution in [0.1, 0.15) is 42.7 Å². The van der Waals surface area contributed by atoms with Gasteiger partial charge in [0, 0.05) is 24.2 Å². The molecule has 3 nitrogen and oxygen atoms in total. The van der Waals surface area contributed by atoms with Crippen molar-refractivity contribution in [3.63, 3.8) is 0 Å². The first-order valence-corrected chi connectivity index (χ1v) is 8.81. The molecule has 3 heteroatoms. The smallest absolute Gasteiger partial charge is 0.310 e. The van der Waals surface area contributed by atoms with Gasteiger partial charge in [0.15, 0.2) is 0 Å². The molecular weight excluding hydrogens is 288 g/mol. The molecule has 1 spiro atoms. The molecule has 3 fully saturated rings. The van der Waals surface area contributed by atoms with Crippen molar-refractivity contribution >= 4 is 5.97 Å². The second kappa shape index (κ2) is 4.40. The van der Waals surface area contributed by atoms with Gasteiger partial charge < -0.3 is 9.84 Å². The fourth-order valence-electron chi connectivity index (χ4n) is 6.31. The largest absolute Gasteiger partial charge is 0.508 e. The Morgan fingerprint density at radius 2 is 2.17 bits per heavy atom. The van der Waals surface area contributed by atoms with Crippen molar-refractivity contribution in [3.8, 4) is 5.75 Å². The molecule has 1 aromatic rings. The number of esters is 1. The van der Waals surface area contributed by atoms with Gasteiger partial charge in [-0.05, 0) is 54.9 Å². The van der Waals surface area contributed by atoms with Crippen molar-refractivity contribution in [3.05, 3.63) is 42.0 Å². The van der Waals surface area contributed by atoms with E-state index in [1.165, 1.54) is 11.1 Å². The lowest BCUT2D eigenvalue weighted by Crippen LogP contribution is -2.48. The van der Waals surface area contributed by atoms with Crippen molar-refractivity contribution in [2.75, 3.05) is 0 Å². The molecule has 2 bridgehead atoms. The van der Waals surface area contributed by atoms with E-state index in [9.17, 15) is 9.90 Å². The monoisotopic (exact) mass is 310 g/mol. The van der Waals surface area contributed by atoms with Crippen LogP contribution in [0.15, 0.2) is 30.9 Å². The summed E-state index contributed by atoms with van der Waals surface area (Å²) in [4.78, 5) is 12.7. The van der Waals surface area contributed by atoms with Gasteiger partial charge in [0.2, 0.25) is 0 Å². The summed E-state index contributed by atoms with van der Waals surface area (Å²) in [6, 6.07) is 5.69. The van der Waals surface area contributed by atoms with Crippen molar-refractivity contribution in [2.45, 2.75) is 43.6 Å². The Morgan fingerprint density at radius 1 is 1.30 bits per heavy atom. The van der Waals surface area contributed by atoms with Crippen LogP contribution in [0.2, 0.25) is 0 Å². The first-order valence-electron chi connectivity index (χ1n) is 8.81. The van der Waals surface area contributed by atoms with Crippen LogP contribution >= 0.6 is 0 Å². The fourth-order valence-corrected chi connectivity index (χ4v) is 6.31. The van der Waals surface area contributed by atoms with E-state index in [-0.39, 0.29) is 23.4 Å². The molecule has 1 aromatic carbocycles. The lowest BCUT2D eigenvalue weighted by molar-refractivity contribution is -0.154. The number of fused-ring (bicyclic) bond motifs is 6. The molecule has 1 N–H and O–H groups in total. The van der Waals surface area contributed by atoms with Crippen LogP contribution in [-0.2, 0) is 16.0 Å². The summed E-state index contributed by atoms with van der Waals surface area (Å²) in [7, 11) is 0. The van der Waals surface area contributed by atoms with E-state index in [1.54, 1.807) is 6.07 Å². The molecule has 23 heavy (non-hydrogen) atoms. The molecule has 0 unspecified atom stereocenters. The van der Waals surface area contributed by atoms with Crippen molar-refractivity contribution in [2.24, 2.45) is 23.7 Å². The van der Waals surface area contributed by atoms with Gasteiger partial charge in [0.05, 0.1) is 5.92 Å². The third kappa shape index (κ3) is 1.58. The normalized spacial score (nSPS) is 43.3. The summed E-state index contributed by atoms with van der Waals surface area (Å²) in [5.41, 5.74) is 2.23. The van der Waals surface area contributed by atoms with Crippen molar-refractivity contribution < 1.29 is 14.6 Å². The molecule has 1 saturated heterocycles. The Balaban J connectivity index is 1.64. The number of carbonyl (C=O) groups excluding carboxylic acids is 1. The molecule has 120 valence electrons. The van der Waals surface area contributed by atoms with Crippen LogP contribution in [-0.4, -0.2) is 16.7 Å². The molecule has 1 heterocycles. The van der Waals surface area contributed by atoms with Crippen molar-refractivity contribution in [1.82, 2.24) is 0 Å². The first kappa shape index (κ1) is 13.6. The maximum atomic E-state index is 12.7. The summed E-state index contributed by atoms with van der Waals surface area (Å²) in [5, 5.41) is 9.78. The minimum Gasteiger partial charge on any atom is -0.508 e. The second-order valence-electron chi connectivity index (χ2n) is 7.82. The third-order valence-electron chi connectivity index (χ3n) is 7.11. The number of phenolic OH excluding ortho intramolecular Hbond substituents is 1. The lowest BCUT2D eigenvalue weighted by atomic mass is 9.56. The lowest BCUT2D eigenvalue weighted by Gasteiger charge is -2.47. The van der Waals surface area contributed by atoms with Crippen LogP contribution in [0.4, 0.5) is 0 Å². The molecular formula is C20H22O3. The molecule has 4 aliphatic rings. The number of phenols is 1. The van der Waals surface area contributed by atoms with E-state index in [1.807, 2.05) is 18.2 Å². The van der Waals surface area contributed by atoms with E-state index in [0.29, 0.717) is 23.5 Å².